The van der Waals surface area contributed by atoms with E-state index in [4.69, 9.17) is 8.92 Å². The van der Waals surface area contributed by atoms with Gasteiger partial charge in [-0.05, 0) is 55.7 Å². The highest BCUT2D eigenvalue weighted by Gasteiger charge is 2.17. The van der Waals surface area contributed by atoms with Gasteiger partial charge in [-0.2, -0.15) is 8.42 Å². The van der Waals surface area contributed by atoms with Crippen LogP contribution in [-0.4, -0.2) is 20.6 Å². The lowest BCUT2D eigenvalue weighted by Gasteiger charge is -2.15. The zero-order valence-corrected chi connectivity index (χ0v) is 18.3. The number of alkyl carbamates (subject to hydrolysis) is 1. The van der Waals surface area contributed by atoms with Gasteiger partial charge in [0.25, 0.3) is 0 Å². The number of rotatable bonds is 8. The molecular weight excluding hydrogens is 414 g/mol. The van der Waals surface area contributed by atoms with E-state index in [2.05, 4.69) is 5.32 Å². The standard InChI is InChI=1S/C24H25NO5S/c1-18-11-13-23(14-12-18)31(27,28)30-22-10-6-9-21(16-22)15-19(2)25-24(26)29-17-20-7-4-3-5-8-20/h3-14,16,19H,15,17H2,1-2H3,(H,25,26). The predicted octanol–water partition coefficient (Wildman–Crippen LogP) is 4.62. The summed E-state index contributed by atoms with van der Waals surface area (Å²) in [5, 5.41) is 2.78. The Labute approximate surface area is 183 Å². The number of hydrogen-bond acceptors (Lipinski definition) is 5. The number of nitrogens with one attached hydrogen (secondary N) is 1. The maximum atomic E-state index is 12.5. The van der Waals surface area contributed by atoms with E-state index in [0.29, 0.717) is 6.42 Å². The van der Waals surface area contributed by atoms with Crippen molar-refractivity contribution in [2.75, 3.05) is 0 Å². The Balaban J connectivity index is 1.55. The summed E-state index contributed by atoms with van der Waals surface area (Å²) >= 11 is 0. The number of carbonyl (C=O) groups is 1. The van der Waals surface area contributed by atoms with Crippen LogP contribution in [0.2, 0.25) is 0 Å². The first-order valence-electron chi connectivity index (χ1n) is 9.89. The largest absolute Gasteiger partial charge is 0.445 e. The van der Waals surface area contributed by atoms with Gasteiger partial charge in [0.05, 0.1) is 0 Å². The molecule has 1 atom stereocenters. The number of amides is 1. The molecule has 0 fully saturated rings. The molecule has 0 radical (unpaired) electrons. The van der Waals surface area contributed by atoms with Crippen LogP contribution in [0.4, 0.5) is 4.79 Å². The Morgan fingerprint density at radius 3 is 2.32 bits per heavy atom. The van der Waals surface area contributed by atoms with Crippen LogP contribution in [0, 0.1) is 6.92 Å². The Morgan fingerprint density at radius 1 is 0.935 bits per heavy atom. The molecule has 0 aromatic heterocycles. The number of hydrogen-bond donors (Lipinski definition) is 1. The summed E-state index contributed by atoms with van der Waals surface area (Å²) in [6.45, 7) is 3.92. The van der Waals surface area contributed by atoms with Crippen LogP contribution in [0.1, 0.15) is 23.6 Å². The number of ether oxygens (including phenoxy) is 1. The summed E-state index contributed by atoms with van der Waals surface area (Å²) in [6.07, 6.45) is -0.0203. The molecule has 0 spiro atoms. The normalized spacial score (nSPS) is 12.1. The van der Waals surface area contributed by atoms with Crippen molar-refractivity contribution in [1.82, 2.24) is 5.32 Å². The Morgan fingerprint density at radius 2 is 1.61 bits per heavy atom. The van der Waals surface area contributed by atoms with Crippen LogP contribution in [0.3, 0.4) is 0 Å². The lowest BCUT2D eigenvalue weighted by atomic mass is 10.1. The number of carbonyl (C=O) groups excluding carboxylic acids is 1. The van der Waals surface area contributed by atoms with Gasteiger partial charge in [-0.1, -0.05) is 60.2 Å². The van der Waals surface area contributed by atoms with Gasteiger partial charge >= 0.3 is 16.2 Å². The summed E-state index contributed by atoms with van der Waals surface area (Å²) in [5.74, 6) is 0.219. The van der Waals surface area contributed by atoms with Gasteiger partial charge < -0.3 is 14.2 Å². The summed E-state index contributed by atoms with van der Waals surface area (Å²) < 4.78 is 35.5. The highest BCUT2D eigenvalue weighted by atomic mass is 32.2. The molecule has 7 heteroatoms. The number of aryl methyl sites for hydroxylation is 1. The van der Waals surface area contributed by atoms with E-state index >= 15 is 0 Å². The van der Waals surface area contributed by atoms with E-state index in [9.17, 15) is 13.2 Å². The van der Waals surface area contributed by atoms with Gasteiger partial charge in [-0.3, -0.25) is 0 Å². The minimum absolute atomic E-state index is 0.0969. The summed E-state index contributed by atoms with van der Waals surface area (Å²) in [6, 6.07) is 22.5. The van der Waals surface area contributed by atoms with Crippen molar-refractivity contribution in [3.63, 3.8) is 0 Å². The fourth-order valence-corrected chi connectivity index (χ4v) is 3.90. The lowest BCUT2D eigenvalue weighted by Crippen LogP contribution is -2.34. The van der Waals surface area contributed by atoms with Crippen molar-refractivity contribution in [2.45, 2.75) is 37.8 Å². The van der Waals surface area contributed by atoms with Crippen LogP contribution < -0.4 is 9.50 Å². The van der Waals surface area contributed by atoms with Crippen molar-refractivity contribution in [1.29, 1.82) is 0 Å². The average molecular weight is 440 g/mol. The first kappa shape index (κ1) is 22.4. The van der Waals surface area contributed by atoms with Crippen LogP contribution in [0.15, 0.2) is 83.8 Å². The summed E-state index contributed by atoms with van der Waals surface area (Å²) in [4.78, 5) is 12.1. The Bertz CT molecular complexity index is 1110. The lowest BCUT2D eigenvalue weighted by molar-refractivity contribution is 0.136. The molecule has 162 valence electrons. The van der Waals surface area contributed by atoms with Gasteiger partial charge in [0, 0.05) is 6.04 Å². The van der Waals surface area contributed by atoms with Crippen molar-refractivity contribution >= 4 is 16.2 Å². The van der Waals surface area contributed by atoms with Crippen LogP contribution in [0.25, 0.3) is 0 Å². The maximum Gasteiger partial charge on any atom is 0.407 e. The molecule has 0 saturated heterocycles. The molecule has 1 unspecified atom stereocenters. The zero-order valence-electron chi connectivity index (χ0n) is 17.4. The van der Waals surface area contributed by atoms with E-state index in [1.165, 1.54) is 12.1 Å². The minimum Gasteiger partial charge on any atom is -0.445 e. The molecular formula is C24H25NO5S. The molecule has 0 saturated carbocycles. The van der Waals surface area contributed by atoms with Gasteiger partial charge in [-0.15, -0.1) is 0 Å². The second-order valence-corrected chi connectivity index (χ2v) is 8.86. The second kappa shape index (κ2) is 10.1. The van der Waals surface area contributed by atoms with Crippen LogP contribution in [0.5, 0.6) is 5.75 Å². The third kappa shape index (κ3) is 6.86. The fourth-order valence-electron chi connectivity index (χ4n) is 2.97. The first-order chi connectivity index (χ1) is 14.8. The highest BCUT2D eigenvalue weighted by molar-refractivity contribution is 7.87. The summed E-state index contributed by atoms with van der Waals surface area (Å²) in [7, 11) is -3.92. The van der Waals surface area contributed by atoms with E-state index < -0.39 is 16.2 Å². The molecule has 1 N–H and O–H groups in total. The third-order valence-corrected chi connectivity index (χ3v) is 5.79. The molecule has 0 aliphatic heterocycles. The van der Waals surface area contributed by atoms with Gasteiger partial charge in [0.2, 0.25) is 0 Å². The van der Waals surface area contributed by atoms with E-state index in [-0.39, 0.29) is 23.3 Å². The topological polar surface area (TPSA) is 81.7 Å². The molecule has 0 bridgehead atoms. The molecule has 31 heavy (non-hydrogen) atoms. The molecule has 3 aromatic rings. The predicted molar refractivity (Wildman–Crippen MR) is 118 cm³/mol. The second-order valence-electron chi connectivity index (χ2n) is 7.31. The van der Waals surface area contributed by atoms with E-state index in [0.717, 1.165) is 16.7 Å². The monoisotopic (exact) mass is 439 g/mol. The van der Waals surface area contributed by atoms with Crippen LogP contribution in [-0.2, 0) is 27.9 Å². The van der Waals surface area contributed by atoms with Crippen molar-refractivity contribution in [3.8, 4) is 5.75 Å². The molecule has 0 aliphatic rings. The SMILES string of the molecule is Cc1ccc(S(=O)(=O)Oc2cccc(CC(C)NC(=O)OCc3ccccc3)c2)cc1. The van der Waals surface area contributed by atoms with Gasteiger partial charge in [0.15, 0.2) is 0 Å². The smallest absolute Gasteiger partial charge is 0.407 e. The maximum absolute atomic E-state index is 12.5. The van der Waals surface area contributed by atoms with Gasteiger partial charge in [-0.25, -0.2) is 4.79 Å². The Kier molecular flexibility index (Phi) is 7.31. The van der Waals surface area contributed by atoms with E-state index in [1.54, 1.807) is 30.3 Å². The molecule has 0 aliphatic carbocycles. The molecule has 6 nitrogen and oxygen atoms in total. The molecule has 0 heterocycles. The van der Waals surface area contributed by atoms with Gasteiger partial charge in [0.1, 0.15) is 17.3 Å². The fraction of sp³-hybridized carbons (Fsp3) is 0.208. The average Bonchev–Trinajstić information content (AvgIpc) is 2.73. The van der Waals surface area contributed by atoms with E-state index in [1.807, 2.05) is 50.2 Å². The van der Waals surface area contributed by atoms with Crippen molar-refractivity contribution in [3.05, 3.63) is 95.6 Å². The molecule has 3 rings (SSSR count). The van der Waals surface area contributed by atoms with Crippen molar-refractivity contribution in [2.24, 2.45) is 0 Å². The Hall–Kier alpha value is -3.32. The summed E-state index contributed by atoms with van der Waals surface area (Å²) in [5.41, 5.74) is 2.70. The quantitative estimate of drug-likeness (QED) is 0.518. The zero-order chi connectivity index (χ0) is 22.3. The third-order valence-electron chi connectivity index (χ3n) is 4.53. The van der Waals surface area contributed by atoms with Crippen molar-refractivity contribution < 1.29 is 22.1 Å². The molecule has 3 aromatic carbocycles. The van der Waals surface area contributed by atoms with Crippen LogP contribution >= 0.6 is 0 Å². The number of benzene rings is 3. The first-order valence-corrected chi connectivity index (χ1v) is 11.3. The minimum atomic E-state index is -3.92. The highest BCUT2D eigenvalue weighted by Crippen LogP contribution is 2.21. The molecule has 1 amide bonds.